The number of benzene rings is 2. The van der Waals surface area contributed by atoms with Crippen molar-refractivity contribution in [3.8, 4) is 5.75 Å². The monoisotopic (exact) mass is 368 g/mol. The molecular formula is C21H21FN2O3. The molecule has 0 aliphatic rings. The molecule has 3 aromatic rings. The number of aromatic nitrogens is 1. The third kappa shape index (κ3) is 5.17. The Morgan fingerprint density at radius 1 is 1.15 bits per heavy atom. The second-order valence-electron chi connectivity index (χ2n) is 6.39. The van der Waals surface area contributed by atoms with Gasteiger partial charge in [0.1, 0.15) is 11.6 Å². The lowest BCUT2D eigenvalue weighted by molar-refractivity contribution is -0.120. The molecule has 0 unspecified atom stereocenters. The molecule has 2 N–H and O–H groups in total. The van der Waals surface area contributed by atoms with Gasteiger partial charge in [0.25, 0.3) is 5.56 Å². The Balaban J connectivity index is 1.45. The van der Waals surface area contributed by atoms with Crippen LogP contribution in [-0.4, -0.2) is 24.0 Å². The number of rotatable bonds is 7. The zero-order chi connectivity index (χ0) is 19.2. The molecule has 3 rings (SSSR count). The Hall–Kier alpha value is -3.15. The first-order valence-electron chi connectivity index (χ1n) is 8.79. The Morgan fingerprint density at radius 2 is 1.93 bits per heavy atom. The average molecular weight is 368 g/mol. The second-order valence-corrected chi connectivity index (χ2v) is 6.39. The van der Waals surface area contributed by atoms with Gasteiger partial charge in [-0.3, -0.25) is 9.59 Å². The van der Waals surface area contributed by atoms with E-state index in [1.807, 2.05) is 24.3 Å². The van der Waals surface area contributed by atoms with E-state index in [1.165, 1.54) is 12.1 Å². The minimum absolute atomic E-state index is 0.0720. The summed E-state index contributed by atoms with van der Waals surface area (Å²) in [4.78, 5) is 26.5. The Kier molecular flexibility index (Phi) is 5.86. The second kappa shape index (κ2) is 8.49. The zero-order valence-electron chi connectivity index (χ0n) is 15.0. The highest BCUT2D eigenvalue weighted by Crippen LogP contribution is 2.14. The third-order valence-corrected chi connectivity index (χ3v) is 4.18. The number of fused-ring (bicyclic) bond motifs is 1. The first-order valence-corrected chi connectivity index (χ1v) is 8.79. The molecule has 1 aromatic heterocycles. The summed E-state index contributed by atoms with van der Waals surface area (Å²) in [5, 5.41) is 3.77. The van der Waals surface area contributed by atoms with Gasteiger partial charge in [-0.25, -0.2) is 4.39 Å². The molecule has 1 amide bonds. The molecule has 2 aromatic carbocycles. The van der Waals surface area contributed by atoms with Crippen LogP contribution < -0.4 is 15.6 Å². The number of ether oxygens (including phenoxy) is 1. The fourth-order valence-electron chi connectivity index (χ4n) is 2.74. The normalized spacial score (nSPS) is 10.7. The van der Waals surface area contributed by atoms with Gasteiger partial charge in [-0.05, 0) is 66.8 Å². The van der Waals surface area contributed by atoms with Crippen molar-refractivity contribution in [1.82, 2.24) is 10.3 Å². The lowest BCUT2D eigenvalue weighted by atomic mass is 10.1. The van der Waals surface area contributed by atoms with Gasteiger partial charge < -0.3 is 15.0 Å². The van der Waals surface area contributed by atoms with Crippen LogP contribution in [0.2, 0.25) is 0 Å². The fraction of sp³-hybridized carbons (Fsp3) is 0.238. The largest absolute Gasteiger partial charge is 0.494 e. The van der Waals surface area contributed by atoms with Crippen LogP contribution >= 0.6 is 0 Å². The van der Waals surface area contributed by atoms with Crippen LogP contribution in [0.5, 0.6) is 5.75 Å². The SMILES string of the molecule is Cc1cc2cc(CC(=O)NCCCOc3ccc(F)cc3)ccc2[nH]c1=O. The average Bonchev–Trinajstić information content (AvgIpc) is 2.64. The standard InChI is InChI=1S/C21H21FN2O3/c1-14-11-16-12-15(3-8-19(16)24-21(14)26)13-20(25)23-9-2-10-27-18-6-4-17(22)5-7-18/h3-8,11-12H,2,9-10,13H2,1H3,(H,23,25)(H,24,26). The summed E-state index contributed by atoms with van der Waals surface area (Å²) in [7, 11) is 0. The molecule has 140 valence electrons. The van der Waals surface area contributed by atoms with E-state index in [0.29, 0.717) is 30.9 Å². The van der Waals surface area contributed by atoms with E-state index >= 15 is 0 Å². The number of carbonyl (C=O) groups excluding carboxylic acids is 1. The number of carbonyl (C=O) groups is 1. The van der Waals surface area contributed by atoms with E-state index in [2.05, 4.69) is 10.3 Å². The van der Waals surface area contributed by atoms with E-state index < -0.39 is 0 Å². The lowest BCUT2D eigenvalue weighted by Crippen LogP contribution is -2.27. The van der Waals surface area contributed by atoms with Crippen LogP contribution in [0.25, 0.3) is 10.9 Å². The quantitative estimate of drug-likeness (QED) is 0.630. The highest BCUT2D eigenvalue weighted by molar-refractivity contribution is 5.83. The molecule has 0 bridgehead atoms. The van der Waals surface area contributed by atoms with E-state index in [4.69, 9.17) is 4.74 Å². The Morgan fingerprint density at radius 3 is 2.70 bits per heavy atom. The van der Waals surface area contributed by atoms with Crippen LogP contribution in [0.4, 0.5) is 4.39 Å². The first kappa shape index (κ1) is 18.6. The van der Waals surface area contributed by atoms with E-state index in [1.54, 1.807) is 19.1 Å². The maximum Gasteiger partial charge on any atom is 0.251 e. The van der Waals surface area contributed by atoms with Gasteiger partial charge in [-0.1, -0.05) is 6.07 Å². The van der Waals surface area contributed by atoms with Crippen molar-refractivity contribution in [2.45, 2.75) is 19.8 Å². The van der Waals surface area contributed by atoms with Crippen LogP contribution in [0, 0.1) is 12.7 Å². The van der Waals surface area contributed by atoms with Gasteiger partial charge in [0.2, 0.25) is 5.91 Å². The number of amides is 1. The summed E-state index contributed by atoms with van der Waals surface area (Å²) in [6.07, 6.45) is 0.925. The van der Waals surface area contributed by atoms with Gasteiger partial charge in [-0.2, -0.15) is 0 Å². The molecule has 0 atom stereocenters. The van der Waals surface area contributed by atoms with Crippen LogP contribution in [-0.2, 0) is 11.2 Å². The Labute approximate surface area is 156 Å². The van der Waals surface area contributed by atoms with Crippen LogP contribution in [0.15, 0.2) is 53.3 Å². The van der Waals surface area contributed by atoms with Crippen molar-refractivity contribution in [1.29, 1.82) is 0 Å². The van der Waals surface area contributed by atoms with Gasteiger partial charge in [0, 0.05) is 17.6 Å². The van der Waals surface area contributed by atoms with Crippen LogP contribution in [0.1, 0.15) is 17.5 Å². The number of nitrogens with one attached hydrogen (secondary N) is 2. The number of aryl methyl sites for hydroxylation is 1. The summed E-state index contributed by atoms with van der Waals surface area (Å²) >= 11 is 0. The van der Waals surface area contributed by atoms with Crippen molar-refractivity contribution < 1.29 is 13.9 Å². The third-order valence-electron chi connectivity index (χ3n) is 4.18. The molecule has 0 aliphatic heterocycles. The molecule has 0 fully saturated rings. The molecule has 0 saturated carbocycles. The van der Waals surface area contributed by atoms with Gasteiger partial charge in [0.15, 0.2) is 0 Å². The minimum Gasteiger partial charge on any atom is -0.494 e. The predicted molar refractivity (Wildman–Crippen MR) is 103 cm³/mol. The molecular weight excluding hydrogens is 347 g/mol. The Bertz CT molecular complexity index is 996. The number of halogens is 1. The van der Waals surface area contributed by atoms with Crippen molar-refractivity contribution >= 4 is 16.8 Å². The van der Waals surface area contributed by atoms with Gasteiger partial charge >= 0.3 is 0 Å². The summed E-state index contributed by atoms with van der Waals surface area (Å²) in [6.45, 7) is 2.69. The van der Waals surface area contributed by atoms with Crippen molar-refractivity contribution in [2.75, 3.05) is 13.2 Å². The number of pyridine rings is 1. The van der Waals surface area contributed by atoms with E-state index in [9.17, 15) is 14.0 Å². The number of hydrogen-bond donors (Lipinski definition) is 2. The lowest BCUT2D eigenvalue weighted by Gasteiger charge is -2.08. The van der Waals surface area contributed by atoms with Crippen molar-refractivity contribution in [2.24, 2.45) is 0 Å². The molecule has 0 radical (unpaired) electrons. The van der Waals surface area contributed by atoms with Crippen molar-refractivity contribution in [3.05, 3.63) is 75.8 Å². The molecule has 5 nitrogen and oxygen atoms in total. The van der Waals surface area contributed by atoms with E-state index in [0.717, 1.165) is 16.5 Å². The summed E-state index contributed by atoms with van der Waals surface area (Å²) in [5.74, 6) is 0.231. The fourth-order valence-corrected chi connectivity index (χ4v) is 2.74. The summed E-state index contributed by atoms with van der Waals surface area (Å²) in [5.41, 5.74) is 2.18. The molecule has 6 heteroatoms. The zero-order valence-corrected chi connectivity index (χ0v) is 15.0. The van der Waals surface area contributed by atoms with Gasteiger partial charge in [-0.15, -0.1) is 0 Å². The maximum absolute atomic E-state index is 12.8. The predicted octanol–water partition coefficient (Wildman–Crippen LogP) is 3.10. The number of H-pyrrole nitrogens is 1. The number of aromatic amines is 1. The van der Waals surface area contributed by atoms with Crippen LogP contribution in [0.3, 0.4) is 0 Å². The first-order chi connectivity index (χ1) is 13.0. The number of hydrogen-bond acceptors (Lipinski definition) is 3. The topological polar surface area (TPSA) is 71.2 Å². The molecule has 1 heterocycles. The molecule has 0 aliphatic carbocycles. The van der Waals surface area contributed by atoms with Crippen molar-refractivity contribution in [3.63, 3.8) is 0 Å². The highest BCUT2D eigenvalue weighted by atomic mass is 19.1. The van der Waals surface area contributed by atoms with Gasteiger partial charge in [0.05, 0.1) is 13.0 Å². The minimum atomic E-state index is -0.301. The van der Waals surface area contributed by atoms with E-state index in [-0.39, 0.29) is 23.7 Å². The summed E-state index contributed by atoms with van der Waals surface area (Å²) < 4.78 is 18.3. The molecule has 27 heavy (non-hydrogen) atoms. The highest BCUT2D eigenvalue weighted by Gasteiger charge is 2.05. The molecule has 0 saturated heterocycles. The molecule has 0 spiro atoms. The summed E-state index contributed by atoms with van der Waals surface area (Å²) in [6, 6.07) is 13.2. The smallest absolute Gasteiger partial charge is 0.251 e. The maximum atomic E-state index is 12.8.